The summed E-state index contributed by atoms with van der Waals surface area (Å²) in [5.41, 5.74) is 7.23. The lowest BCUT2D eigenvalue weighted by Crippen LogP contribution is -2.24. The van der Waals surface area contributed by atoms with Gasteiger partial charge in [-0.2, -0.15) is 0 Å². The molecule has 0 saturated carbocycles. The van der Waals surface area contributed by atoms with Crippen LogP contribution >= 0.6 is 11.6 Å². The molecule has 4 nitrogen and oxygen atoms in total. The van der Waals surface area contributed by atoms with Crippen molar-refractivity contribution < 1.29 is 0 Å². The number of aromatic nitrogens is 2. The monoisotopic (exact) mass is 292 g/mol. The van der Waals surface area contributed by atoms with Gasteiger partial charge >= 0.3 is 0 Å². The predicted octanol–water partition coefficient (Wildman–Crippen LogP) is 2.60. The van der Waals surface area contributed by atoms with E-state index >= 15 is 0 Å². The third-order valence-corrected chi connectivity index (χ3v) is 3.80. The van der Waals surface area contributed by atoms with E-state index in [1.54, 1.807) is 0 Å². The molecule has 1 aromatic heterocycles. The molecule has 0 aliphatic carbocycles. The number of nitrogens with two attached hydrogens (primary N) is 1. The molecule has 108 valence electrons. The normalized spacial score (nSPS) is 12.8. The second kappa shape index (κ2) is 6.88. The fourth-order valence-corrected chi connectivity index (χ4v) is 2.44. The molecule has 2 rings (SSSR count). The Labute approximate surface area is 125 Å². The minimum atomic E-state index is -0.0347. The number of hydrogen-bond donors (Lipinski definition) is 1. The van der Waals surface area contributed by atoms with E-state index in [1.165, 1.54) is 0 Å². The summed E-state index contributed by atoms with van der Waals surface area (Å²) >= 11 is 6.16. The van der Waals surface area contributed by atoms with Crippen LogP contribution < -0.4 is 5.73 Å². The van der Waals surface area contributed by atoms with Gasteiger partial charge in [0.1, 0.15) is 5.82 Å². The van der Waals surface area contributed by atoms with Gasteiger partial charge in [0, 0.05) is 37.1 Å². The summed E-state index contributed by atoms with van der Waals surface area (Å²) in [5, 5.41) is 0.742. The average Bonchev–Trinajstić information content (AvgIpc) is 2.82. The maximum atomic E-state index is 6.22. The van der Waals surface area contributed by atoms with Crippen LogP contribution in [0.5, 0.6) is 0 Å². The minimum Gasteiger partial charge on any atom is -0.337 e. The lowest BCUT2D eigenvalue weighted by atomic mass is 10.0. The Morgan fingerprint density at radius 1 is 1.40 bits per heavy atom. The number of imidazole rings is 1. The number of halogens is 1. The first-order chi connectivity index (χ1) is 9.58. The van der Waals surface area contributed by atoms with Gasteiger partial charge in [0.15, 0.2) is 0 Å². The first kappa shape index (κ1) is 15.0. The van der Waals surface area contributed by atoms with E-state index in [0.29, 0.717) is 0 Å². The minimum absolute atomic E-state index is 0.0347. The maximum absolute atomic E-state index is 6.22. The Kier molecular flexibility index (Phi) is 5.17. The molecule has 0 aliphatic heterocycles. The van der Waals surface area contributed by atoms with Crippen LogP contribution in [0.25, 0.3) is 0 Å². The van der Waals surface area contributed by atoms with Crippen molar-refractivity contribution in [2.45, 2.75) is 19.0 Å². The largest absolute Gasteiger partial charge is 0.337 e. The van der Waals surface area contributed by atoms with E-state index in [-0.39, 0.29) is 6.04 Å². The first-order valence-corrected chi connectivity index (χ1v) is 7.10. The summed E-state index contributed by atoms with van der Waals surface area (Å²) < 4.78 is 2.03. The van der Waals surface area contributed by atoms with Crippen LogP contribution in [0.15, 0.2) is 36.7 Å². The molecule has 1 unspecified atom stereocenters. The van der Waals surface area contributed by atoms with Crippen molar-refractivity contribution in [2.75, 3.05) is 13.6 Å². The maximum Gasteiger partial charge on any atom is 0.122 e. The summed E-state index contributed by atoms with van der Waals surface area (Å²) in [7, 11) is 4.08. The molecule has 20 heavy (non-hydrogen) atoms. The molecule has 2 aromatic rings. The molecule has 0 aliphatic rings. The lowest BCUT2D eigenvalue weighted by molar-refractivity contribution is 0.301. The zero-order valence-electron chi connectivity index (χ0n) is 12.0. The molecule has 0 fully saturated rings. The standard InChI is InChI=1S/C15H21ClN4/c1-19(11-15-18-8-10-20(15)2)9-7-14(17)12-5-3-4-6-13(12)16/h3-6,8,10,14H,7,9,11,17H2,1-2H3. The van der Waals surface area contributed by atoms with Crippen LogP contribution in [0, 0.1) is 0 Å². The number of aryl methyl sites for hydroxylation is 1. The number of hydrogen-bond acceptors (Lipinski definition) is 3. The van der Waals surface area contributed by atoms with E-state index in [0.717, 1.165) is 35.9 Å². The molecule has 1 aromatic carbocycles. The Balaban J connectivity index is 1.86. The molecular weight excluding hydrogens is 272 g/mol. The van der Waals surface area contributed by atoms with Gasteiger partial charge in [0.2, 0.25) is 0 Å². The fourth-order valence-electron chi connectivity index (χ4n) is 2.16. The van der Waals surface area contributed by atoms with Crippen molar-refractivity contribution >= 4 is 11.6 Å². The molecule has 1 atom stereocenters. The van der Waals surface area contributed by atoms with Crippen LogP contribution in [0.4, 0.5) is 0 Å². The summed E-state index contributed by atoms with van der Waals surface area (Å²) in [6.07, 6.45) is 4.64. The predicted molar refractivity (Wildman–Crippen MR) is 82.5 cm³/mol. The quantitative estimate of drug-likeness (QED) is 0.890. The lowest BCUT2D eigenvalue weighted by Gasteiger charge is -2.20. The average molecular weight is 293 g/mol. The van der Waals surface area contributed by atoms with Crippen molar-refractivity contribution in [1.82, 2.24) is 14.5 Å². The van der Waals surface area contributed by atoms with Gasteiger partial charge in [0.05, 0.1) is 6.54 Å². The number of nitrogens with zero attached hydrogens (tertiary/aromatic N) is 3. The summed E-state index contributed by atoms with van der Waals surface area (Å²) in [4.78, 5) is 6.55. The second-order valence-electron chi connectivity index (χ2n) is 5.11. The summed E-state index contributed by atoms with van der Waals surface area (Å²) in [6, 6.07) is 7.73. The second-order valence-corrected chi connectivity index (χ2v) is 5.52. The van der Waals surface area contributed by atoms with Crippen molar-refractivity contribution in [1.29, 1.82) is 0 Å². The smallest absolute Gasteiger partial charge is 0.122 e. The van der Waals surface area contributed by atoms with Crippen LogP contribution in [-0.4, -0.2) is 28.0 Å². The van der Waals surface area contributed by atoms with Gasteiger partial charge < -0.3 is 10.3 Å². The first-order valence-electron chi connectivity index (χ1n) is 6.72. The van der Waals surface area contributed by atoms with Crippen LogP contribution in [-0.2, 0) is 13.6 Å². The van der Waals surface area contributed by atoms with E-state index in [1.807, 2.05) is 48.3 Å². The third kappa shape index (κ3) is 3.82. The molecule has 0 radical (unpaired) electrons. The Bertz CT molecular complexity index is 552. The molecule has 1 heterocycles. The van der Waals surface area contributed by atoms with Gasteiger partial charge in [-0.15, -0.1) is 0 Å². The number of benzene rings is 1. The van der Waals surface area contributed by atoms with Gasteiger partial charge in [-0.25, -0.2) is 4.98 Å². The highest BCUT2D eigenvalue weighted by Gasteiger charge is 2.11. The van der Waals surface area contributed by atoms with Gasteiger partial charge in [-0.05, 0) is 25.1 Å². The van der Waals surface area contributed by atoms with Crippen molar-refractivity contribution in [3.63, 3.8) is 0 Å². The van der Waals surface area contributed by atoms with E-state index in [9.17, 15) is 0 Å². The van der Waals surface area contributed by atoms with Crippen molar-refractivity contribution in [3.8, 4) is 0 Å². The molecule has 0 amide bonds. The van der Waals surface area contributed by atoms with Crippen molar-refractivity contribution in [2.24, 2.45) is 12.8 Å². The zero-order valence-corrected chi connectivity index (χ0v) is 12.7. The zero-order chi connectivity index (χ0) is 14.5. The molecular formula is C15H21ClN4. The highest BCUT2D eigenvalue weighted by Crippen LogP contribution is 2.23. The van der Waals surface area contributed by atoms with E-state index in [2.05, 4.69) is 16.9 Å². The summed E-state index contributed by atoms with van der Waals surface area (Å²) in [6.45, 7) is 1.72. The molecule has 0 saturated heterocycles. The Morgan fingerprint density at radius 3 is 2.80 bits per heavy atom. The van der Waals surface area contributed by atoms with E-state index < -0.39 is 0 Å². The van der Waals surface area contributed by atoms with Gasteiger partial charge in [-0.1, -0.05) is 29.8 Å². The fraction of sp³-hybridized carbons (Fsp3) is 0.400. The van der Waals surface area contributed by atoms with E-state index in [4.69, 9.17) is 17.3 Å². The molecule has 2 N–H and O–H groups in total. The third-order valence-electron chi connectivity index (χ3n) is 3.46. The highest BCUT2D eigenvalue weighted by molar-refractivity contribution is 6.31. The van der Waals surface area contributed by atoms with Crippen LogP contribution in [0.1, 0.15) is 23.9 Å². The van der Waals surface area contributed by atoms with Gasteiger partial charge in [-0.3, -0.25) is 4.90 Å². The molecule has 0 bridgehead atoms. The van der Waals surface area contributed by atoms with Crippen molar-refractivity contribution in [3.05, 3.63) is 53.1 Å². The Morgan fingerprint density at radius 2 is 2.15 bits per heavy atom. The molecule has 5 heteroatoms. The highest BCUT2D eigenvalue weighted by atomic mass is 35.5. The van der Waals surface area contributed by atoms with Crippen LogP contribution in [0.2, 0.25) is 5.02 Å². The molecule has 0 spiro atoms. The SMILES string of the molecule is CN(CCC(N)c1ccccc1Cl)Cc1nccn1C. The Hall–Kier alpha value is -1.36. The summed E-state index contributed by atoms with van der Waals surface area (Å²) in [5.74, 6) is 1.05. The number of rotatable bonds is 6. The van der Waals surface area contributed by atoms with Crippen LogP contribution in [0.3, 0.4) is 0 Å². The van der Waals surface area contributed by atoms with Gasteiger partial charge in [0.25, 0.3) is 0 Å². The topological polar surface area (TPSA) is 47.1 Å².